The topological polar surface area (TPSA) is 32.9 Å². The number of H-pyrrole nitrogens is 1. The molecule has 0 saturated carbocycles. The lowest BCUT2D eigenvalue weighted by molar-refractivity contribution is -0.137. The molecule has 0 fully saturated rings. The van der Waals surface area contributed by atoms with E-state index in [1.165, 1.54) is 12.1 Å². The van der Waals surface area contributed by atoms with Crippen LogP contribution in [0.1, 0.15) is 5.56 Å². The van der Waals surface area contributed by atoms with Crippen molar-refractivity contribution in [2.24, 2.45) is 0 Å². The Morgan fingerprint density at radius 1 is 0.944 bits per heavy atom. The fourth-order valence-electron chi connectivity index (χ4n) is 1.53. The number of benzene rings is 1. The van der Waals surface area contributed by atoms with Crippen LogP contribution >= 0.6 is 0 Å². The van der Waals surface area contributed by atoms with E-state index in [0.29, 0.717) is 5.56 Å². The zero-order valence-electron chi connectivity index (χ0n) is 8.88. The standard InChI is InChI=1S/C12H7F4NO/c13-10-5-8(6-11(18)17-10)7-1-3-9(4-2-7)12(14,15)16/h1-6H,(H,17,18). The summed E-state index contributed by atoms with van der Waals surface area (Å²) < 4.78 is 50.0. The van der Waals surface area contributed by atoms with E-state index in [0.717, 1.165) is 24.3 Å². The number of aromatic nitrogens is 1. The largest absolute Gasteiger partial charge is 0.416 e. The average molecular weight is 257 g/mol. The van der Waals surface area contributed by atoms with Crippen LogP contribution in [0.4, 0.5) is 17.6 Å². The number of nitrogens with one attached hydrogen (secondary N) is 1. The van der Waals surface area contributed by atoms with Gasteiger partial charge in [0.05, 0.1) is 5.56 Å². The molecule has 94 valence electrons. The molecular weight excluding hydrogens is 250 g/mol. The van der Waals surface area contributed by atoms with E-state index in [-0.39, 0.29) is 5.56 Å². The first-order valence-corrected chi connectivity index (χ1v) is 4.94. The minimum atomic E-state index is -4.42. The Kier molecular flexibility index (Phi) is 2.94. The molecule has 0 radical (unpaired) electrons. The molecule has 0 aliphatic carbocycles. The highest BCUT2D eigenvalue weighted by Crippen LogP contribution is 2.30. The maximum atomic E-state index is 12.9. The van der Waals surface area contributed by atoms with Crippen molar-refractivity contribution < 1.29 is 17.6 Å². The molecule has 0 bridgehead atoms. The van der Waals surface area contributed by atoms with E-state index in [9.17, 15) is 22.4 Å². The lowest BCUT2D eigenvalue weighted by Crippen LogP contribution is -2.07. The minimum absolute atomic E-state index is 0.227. The quantitative estimate of drug-likeness (QED) is 0.617. The van der Waals surface area contributed by atoms with Crippen LogP contribution in [0, 0.1) is 5.95 Å². The van der Waals surface area contributed by atoms with Crippen molar-refractivity contribution in [1.82, 2.24) is 4.98 Å². The molecular formula is C12H7F4NO. The summed E-state index contributed by atoms with van der Waals surface area (Å²) in [6, 6.07) is 6.31. The van der Waals surface area contributed by atoms with Gasteiger partial charge < -0.3 is 0 Å². The molecule has 1 heterocycles. The summed E-state index contributed by atoms with van der Waals surface area (Å²) in [5, 5.41) is 0. The third-order valence-corrected chi connectivity index (χ3v) is 2.36. The summed E-state index contributed by atoms with van der Waals surface area (Å²) >= 11 is 0. The first kappa shape index (κ1) is 12.3. The van der Waals surface area contributed by atoms with Crippen LogP contribution in [-0.2, 0) is 6.18 Å². The zero-order chi connectivity index (χ0) is 13.3. The molecule has 2 nitrogen and oxygen atoms in total. The molecule has 6 heteroatoms. The second kappa shape index (κ2) is 4.29. The summed E-state index contributed by atoms with van der Waals surface area (Å²) in [6.45, 7) is 0. The molecule has 0 aliphatic heterocycles. The first-order valence-electron chi connectivity index (χ1n) is 4.94. The van der Waals surface area contributed by atoms with Gasteiger partial charge in [0.1, 0.15) is 0 Å². The predicted octanol–water partition coefficient (Wildman–Crippen LogP) is 3.20. The van der Waals surface area contributed by atoms with Gasteiger partial charge in [0.15, 0.2) is 5.95 Å². The fraction of sp³-hybridized carbons (Fsp3) is 0.0833. The SMILES string of the molecule is O=c1cc(-c2ccc(C(F)(F)F)cc2)cc(F)[nH]1. The monoisotopic (exact) mass is 257 g/mol. The van der Waals surface area contributed by atoms with Crippen LogP contribution in [-0.4, -0.2) is 4.98 Å². The van der Waals surface area contributed by atoms with Gasteiger partial charge in [0.25, 0.3) is 5.56 Å². The van der Waals surface area contributed by atoms with E-state index in [2.05, 4.69) is 0 Å². The van der Waals surface area contributed by atoms with Gasteiger partial charge in [-0.1, -0.05) is 12.1 Å². The van der Waals surface area contributed by atoms with E-state index in [4.69, 9.17) is 0 Å². The minimum Gasteiger partial charge on any atom is -0.299 e. The van der Waals surface area contributed by atoms with Gasteiger partial charge in [-0.3, -0.25) is 9.78 Å². The Morgan fingerprint density at radius 3 is 2.06 bits per heavy atom. The van der Waals surface area contributed by atoms with Crippen molar-refractivity contribution >= 4 is 0 Å². The second-order valence-corrected chi connectivity index (χ2v) is 3.66. The molecule has 0 amide bonds. The Bertz CT molecular complexity index is 613. The number of rotatable bonds is 1. The lowest BCUT2D eigenvalue weighted by Gasteiger charge is -2.07. The molecule has 0 spiro atoms. The van der Waals surface area contributed by atoms with E-state index in [1.807, 2.05) is 4.98 Å². The van der Waals surface area contributed by atoms with Gasteiger partial charge in [-0.15, -0.1) is 0 Å². The van der Waals surface area contributed by atoms with Gasteiger partial charge in [0.2, 0.25) is 0 Å². The maximum Gasteiger partial charge on any atom is 0.416 e. The van der Waals surface area contributed by atoms with Crippen LogP contribution in [0.25, 0.3) is 11.1 Å². The number of halogens is 4. The average Bonchev–Trinajstić information content (AvgIpc) is 2.27. The van der Waals surface area contributed by atoms with E-state index >= 15 is 0 Å². The molecule has 0 unspecified atom stereocenters. The number of aromatic amines is 1. The van der Waals surface area contributed by atoms with Gasteiger partial charge in [-0.05, 0) is 29.3 Å². The molecule has 1 aromatic heterocycles. The van der Waals surface area contributed by atoms with Crippen molar-refractivity contribution in [3.63, 3.8) is 0 Å². The number of hydrogen-bond donors (Lipinski definition) is 1. The Labute approximate surface area is 98.9 Å². The molecule has 2 rings (SSSR count). The van der Waals surface area contributed by atoms with Crippen LogP contribution in [0.2, 0.25) is 0 Å². The highest BCUT2D eigenvalue weighted by Gasteiger charge is 2.29. The summed E-state index contributed by atoms with van der Waals surface area (Å²) in [5.41, 5.74) is -0.876. The second-order valence-electron chi connectivity index (χ2n) is 3.66. The molecule has 18 heavy (non-hydrogen) atoms. The summed E-state index contributed by atoms with van der Waals surface area (Å²) in [6.07, 6.45) is -4.42. The number of hydrogen-bond acceptors (Lipinski definition) is 1. The number of alkyl halides is 3. The Morgan fingerprint density at radius 2 is 1.56 bits per heavy atom. The predicted molar refractivity (Wildman–Crippen MR) is 57.5 cm³/mol. The smallest absolute Gasteiger partial charge is 0.299 e. The van der Waals surface area contributed by atoms with Crippen molar-refractivity contribution in [3.05, 3.63) is 58.3 Å². The molecule has 0 aliphatic rings. The zero-order valence-corrected chi connectivity index (χ0v) is 8.88. The van der Waals surface area contributed by atoms with Gasteiger partial charge >= 0.3 is 6.18 Å². The van der Waals surface area contributed by atoms with Crippen LogP contribution in [0.3, 0.4) is 0 Å². The third-order valence-electron chi connectivity index (χ3n) is 2.36. The van der Waals surface area contributed by atoms with Crippen molar-refractivity contribution in [1.29, 1.82) is 0 Å². The summed E-state index contributed by atoms with van der Waals surface area (Å²) in [7, 11) is 0. The lowest BCUT2D eigenvalue weighted by atomic mass is 10.0. The Balaban J connectivity index is 2.43. The summed E-state index contributed by atoms with van der Waals surface area (Å²) in [4.78, 5) is 12.9. The van der Waals surface area contributed by atoms with Gasteiger partial charge in [-0.2, -0.15) is 17.6 Å². The molecule has 0 saturated heterocycles. The van der Waals surface area contributed by atoms with Crippen molar-refractivity contribution in [2.45, 2.75) is 6.18 Å². The van der Waals surface area contributed by atoms with Crippen molar-refractivity contribution in [3.8, 4) is 11.1 Å². The van der Waals surface area contributed by atoms with Crippen LogP contribution < -0.4 is 5.56 Å². The highest BCUT2D eigenvalue weighted by molar-refractivity contribution is 5.63. The van der Waals surface area contributed by atoms with Crippen molar-refractivity contribution in [2.75, 3.05) is 0 Å². The van der Waals surface area contributed by atoms with Crippen LogP contribution in [0.5, 0.6) is 0 Å². The van der Waals surface area contributed by atoms with Gasteiger partial charge in [0, 0.05) is 6.07 Å². The van der Waals surface area contributed by atoms with E-state index < -0.39 is 23.2 Å². The molecule has 1 aromatic carbocycles. The molecule has 0 atom stereocenters. The highest BCUT2D eigenvalue weighted by atomic mass is 19.4. The van der Waals surface area contributed by atoms with E-state index in [1.54, 1.807) is 0 Å². The third kappa shape index (κ3) is 2.58. The Hall–Kier alpha value is -2.11. The normalized spacial score (nSPS) is 11.6. The molecule has 2 aromatic rings. The maximum absolute atomic E-state index is 12.9. The fourth-order valence-corrected chi connectivity index (χ4v) is 1.53. The summed E-state index contributed by atoms with van der Waals surface area (Å²) in [5.74, 6) is -0.836. The first-order chi connectivity index (χ1) is 8.36. The van der Waals surface area contributed by atoms with Gasteiger partial charge in [-0.25, -0.2) is 0 Å². The van der Waals surface area contributed by atoms with Crippen LogP contribution in [0.15, 0.2) is 41.2 Å². The molecule has 1 N–H and O–H groups in total. The number of pyridine rings is 1.